The third-order valence-electron chi connectivity index (χ3n) is 2.64. The van der Waals surface area contributed by atoms with Gasteiger partial charge in [-0.3, -0.25) is 9.36 Å². The maximum atomic E-state index is 11.9. The van der Waals surface area contributed by atoms with Gasteiger partial charge in [-0.2, -0.15) is 5.21 Å². The monoisotopic (exact) mass is 270 g/mol. The van der Waals surface area contributed by atoms with Gasteiger partial charge in [0.1, 0.15) is 5.82 Å². The zero-order valence-electron chi connectivity index (χ0n) is 10.5. The van der Waals surface area contributed by atoms with Crippen molar-refractivity contribution in [3.05, 3.63) is 42.4 Å². The smallest absolute Gasteiger partial charge is 0.297 e. The van der Waals surface area contributed by atoms with Crippen LogP contribution in [0.25, 0.3) is 5.82 Å². The van der Waals surface area contributed by atoms with E-state index in [1.807, 2.05) is 6.92 Å². The summed E-state index contributed by atoms with van der Waals surface area (Å²) in [6.45, 7) is 1.85. The van der Waals surface area contributed by atoms with Crippen molar-refractivity contribution in [3.63, 3.8) is 0 Å². The quantitative estimate of drug-likeness (QED) is 0.709. The van der Waals surface area contributed by atoms with E-state index in [2.05, 4.69) is 35.9 Å². The number of rotatable bonds is 3. The Kier molecular flexibility index (Phi) is 2.92. The zero-order valence-corrected chi connectivity index (χ0v) is 10.5. The third kappa shape index (κ3) is 2.11. The van der Waals surface area contributed by atoms with Crippen LogP contribution in [0.15, 0.2) is 30.7 Å². The SMILES string of the molecule is Cc1nccn1-c1ncccc1NC(=O)c1nn[nH]n1. The van der Waals surface area contributed by atoms with E-state index in [9.17, 15) is 4.79 Å². The highest BCUT2D eigenvalue weighted by molar-refractivity contribution is 6.02. The van der Waals surface area contributed by atoms with Crippen molar-refractivity contribution < 1.29 is 4.79 Å². The van der Waals surface area contributed by atoms with Gasteiger partial charge in [0.15, 0.2) is 5.82 Å². The first-order valence-electron chi connectivity index (χ1n) is 5.76. The molecule has 1 amide bonds. The molecule has 0 aliphatic carbocycles. The molecule has 0 radical (unpaired) electrons. The van der Waals surface area contributed by atoms with Crippen LogP contribution in [-0.2, 0) is 0 Å². The van der Waals surface area contributed by atoms with Gasteiger partial charge in [-0.15, -0.1) is 10.2 Å². The first-order valence-corrected chi connectivity index (χ1v) is 5.76. The van der Waals surface area contributed by atoms with Crippen LogP contribution in [0, 0.1) is 6.92 Å². The number of imidazole rings is 1. The van der Waals surface area contributed by atoms with Gasteiger partial charge in [0.05, 0.1) is 5.69 Å². The molecule has 0 unspecified atom stereocenters. The molecule has 0 fully saturated rings. The molecule has 0 aliphatic rings. The van der Waals surface area contributed by atoms with Crippen molar-refractivity contribution in [1.29, 1.82) is 0 Å². The number of aromatic nitrogens is 7. The first kappa shape index (κ1) is 12.0. The molecule has 0 bridgehead atoms. The molecule has 0 aromatic carbocycles. The number of carbonyl (C=O) groups excluding carboxylic acids is 1. The first-order chi connectivity index (χ1) is 9.75. The summed E-state index contributed by atoms with van der Waals surface area (Å²) in [4.78, 5) is 20.3. The third-order valence-corrected chi connectivity index (χ3v) is 2.64. The molecule has 0 spiro atoms. The minimum atomic E-state index is -0.467. The van der Waals surface area contributed by atoms with Crippen LogP contribution in [0.1, 0.15) is 16.4 Å². The zero-order chi connectivity index (χ0) is 13.9. The Morgan fingerprint density at radius 3 is 2.95 bits per heavy atom. The Balaban J connectivity index is 1.95. The number of H-pyrrole nitrogens is 1. The number of aryl methyl sites for hydroxylation is 1. The maximum Gasteiger partial charge on any atom is 0.297 e. The lowest BCUT2D eigenvalue weighted by Gasteiger charge is -2.10. The van der Waals surface area contributed by atoms with E-state index in [0.717, 1.165) is 5.82 Å². The van der Waals surface area contributed by atoms with E-state index in [4.69, 9.17) is 0 Å². The Bertz CT molecular complexity index is 732. The van der Waals surface area contributed by atoms with E-state index in [-0.39, 0.29) is 5.82 Å². The summed E-state index contributed by atoms with van der Waals surface area (Å²) in [6.07, 6.45) is 5.06. The van der Waals surface area contributed by atoms with Gasteiger partial charge in [-0.25, -0.2) is 9.97 Å². The summed E-state index contributed by atoms with van der Waals surface area (Å²) in [5.41, 5.74) is 0.531. The van der Waals surface area contributed by atoms with Gasteiger partial charge < -0.3 is 5.32 Å². The molecular formula is C11H10N8O. The minimum Gasteiger partial charge on any atom is -0.316 e. The molecule has 0 saturated carbocycles. The summed E-state index contributed by atoms with van der Waals surface area (Å²) in [5, 5.41) is 15.5. The van der Waals surface area contributed by atoms with Crippen LogP contribution in [0.5, 0.6) is 0 Å². The normalized spacial score (nSPS) is 10.4. The molecule has 0 aliphatic heterocycles. The Labute approximate surface area is 113 Å². The molecule has 9 nitrogen and oxygen atoms in total. The minimum absolute atomic E-state index is 0.0397. The fourth-order valence-electron chi connectivity index (χ4n) is 1.72. The Morgan fingerprint density at radius 1 is 1.35 bits per heavy atom. The fourth-order valence-corrected chi connectivity index (χ4v) is 1.72. The molecule has 0 atom stereocenters. The van der Waals surface area contributed by atoms with Gasteiger partial charge in [0.2, 0.25) is 0 Å². The number of aromatic amines is 1. The van der Waals surface area contributed by atoms with Crippen LogP contribution < -0.4 is 5.32 Å². The average Bonchev–Trinajstić information content (AvgIpc) is 3.10. The summed E-state index contributed by atoms with van der Waals surface area (Å²) < 4.78 is 1.77. The van der Waals surface area contributed by atoms with E-state index in [1.165, 1.54) is 0 Å². The summed E-state index contributed by atoms with van der Waals surface area (Å²) in [6, 6.07) is 3.46. The van der Waals surface area contributed by atoms with Crippen molar-refractivity contribution in [2.75, 3.05) is 5.32 Å². The topological polar surface area (TPSA) is 114 Å². The molecule has 9 heteroatoms. The van der Waals surface area contributed by atoms with Crippen molar-refractivity contribution in [2.45, 2.75) is 6.92 Å². The van der Waals surface area contributed by atoms with E-state index in [1.54, 1.807) is 35.3 Å². The number of nitrogens with zero attached hydrogens (tertiary/aromatic N) is 6. The van der Waals surface area contributed by atoms with Crippen molar-refractivity contribution in [1.82, 2.24) is 35.2 Å². The standard InChI is InChI=1S/C11H10N8O/c1-7-12-5-6-19(7)10-8(3-2-4-13-10)14-11(20)9-15-17-18-16-9/h2-6H,1H3,(H,14,20)(H,15,16,17,18). The number of hydrogen-bond donors (Lipinski definition) is 2. The summed E-state index contributed by atoms with van der Waals surface area (Å²) in [7, 11) is 0. The molecule has 100 valence electrons. The van der Waals surface area contributed by atoms with Crippen LogP contribution in [0.4, 0.5) is 5.69 Å². The second-order valence-electron chi connectivity index (χ2n) is 3.91. The number of pyridine rings is 1. The number of carbonyl (C=O) groups is 1. The molecule has 2 N–H and O–H groups in total. The van der Waals surface area contributed by atoms with Crippen LogP contribution >= 0.6 is 0 Å². The molecule has 3 aromatic heterocycles. The number of anilines is 1. The predicted molar refractivity (Wildman–Crippen MR) is 68.2 cm³/mol. The number of tetrazole rings is 1. The van der Waals surface area contributed by atoms with Crippen LogP contribution in [0.3, 0.4) is 0 Å². The van der Waals surface area contributed by atoms with Crippen LogP contribution in [0.2, 0.25) is 0 Å². The number of hydrogen-bond acceptors (Lipinski definition) is 6. The van der Waals surface area contributed by atoms with Crippen LogP contribution in [-0.4, -0.2) is 41.1 Å². The highest BCUT2D eigenvalue weighted by Gasteiger charge is 2.15. The Hall–Kier alpha value is -3.10. The molecule has 20 heavy (non-hydrogen) atoms. The molecular weight excluding hydrogens is 260 g/mol. The lowest BCUT2D eigenvalue weighted by Crippen LogP contribution is -2.16. The molecule has 3 heterocycles. The van der Waals surface area contributed by atoms with E-state index >= 15 is 0 Å². The highest BCUT2D eigenvalue weighted by Crippen LogP contribution is 2.18. The van der Waals surface area contributed by atoms with Gasteiger partial charge in [-0.1, -0.05) is 0 Å². The summed E-state index contributed by atoms with van der Waals surface area (Å²) >= 11 is 0. The maximum absolute atomic E-state index is 11.9. The van der Waals surface area contributed by atoms with E-state index < -0.39 is 5.91 Å². The molecule has 3 aromatic rings. The molecule has 0 saturated heterocycles. The molecule has 3 rings (SSSR count). The Morgan fingerprint density at radius 2 is 2.25 bits per heavy atom. The second kappa shape index (κ2) is 4.88. The lowest BCUT2D eigenvalue weighted by molar-refractivity contribution is 0.101. The van der Waals surface area contributed by atoms with E-state index in [0.29, 0.717) is 11.5 Å². The van der Waals surface area contributed by atoms with Gasteiger partial charge >= 0.3 is 0 Å². The second-order valence-corrected chi connectivity index (χ2v) is 3.91. The van der Waals surface area contributed by atoms with Crippen molar-refractivity contribution >= 4 is 11.6 Å². The number of amides is 1. The number of nitrogens with one attached hydrogen (secondary N) is 2. The lowest BCUT2D eigenvalue weighted by atomic mass is 10.3. The van der Waals surface area contributed by atoms with Gasteiger partial charge in [0.25, 0.3) is 11.7 Å². The summed E-state index contributed by atoms with van der Waals surface area (Å²) in [5.74, 6) is 0.825. The van der Waals surface area contributed by atoms with Crippen molar-refractivity contribution in [2.24, 2.45) is 0 Å². The van der Waals surface area contributed by atoms with Gasteiger partial charge in [0, 0.05) is 18.6 Å². The fraction of sp³-hybridized carbons (Fsp3) is 0.0909. The van der Waals surface area contributed by atoms with Crippen molar-refractivity contribution in [3.8, 4) is 5.82 Å². The highest BCUT2D eigenvalue weighted by atomic mass is 16.2. The predicted octanol–water partition coefficient (Wildman–Crippen LogP) is 0.341. The van der Waals surface area contributed by atoms with Gasteiger partial charge in [-0.05, 0) is 24.3 Å². The average molecular weight is 270 g/mol. The largest absolute Gasteiger partial charge is 0.316 e.